The maximum Gasteiger partial charge on any atom is 0.253 e. The number of nitrogens with one attached hydrogen (secondary N) is 2. The minimum Gasteiger partial charge on any atom is -0.383 e. The third kappa shape index (κ3) is 7.21. The highest BCUT2D eigenvalue weighted by Gasteiger charge is 2.29. The number of carbonyl (C=O) groups excluding carboxylic acids is 1. The maximum atomic E-state index is 13.7. The number of hydrogen-bond donors (Lipinski definition) is 2. The minimum atomic E-state index is -0.214. The van der Waals surface area contributed by atoms with Crippen LogP contribution in [-0.4, -0.2) is 71.7 Å². The van der Waals surface area contributed by atoms with E-state index in [-0.39, 0.29) is 18.0 Å². The number of carbonyl (C=O) groups is 1. The summed E-state index contributed by atoms with van der Waals surface area (Å²) in [4.78, 5) is 42.7. The molecule has 41 heavy (non-hydrogen) atoms. The van der Waals surface area contributed by atoms with E-state index in [1.165, 1.54) is 0 Å². The lowest BCUT2D eigenvalue weighted by atomic mass is 9.88. The standard InChI is InChI=1S/C32H44N6O3/c1-7-38(26-10-8-25(9-11-26)37(5)14-15-41-6)30-18-24(29-20-33-12-13-34-29)17-27(23(30)4)31(39)35-19-28-21(2)16-22(3)36-32(28)40/h12-13,16-18,20,25-26H,7-11,14-15,19H2,1-6H3,(H,35,39)(H,36,40)/t25-,26-. The molecule has 0 atom stereocenters. The predicted octanol–water partition coefficient (Wildman–Crippen LogP) is 4.40. The molecule has 1 amide bonds. The van der Waals surface area contributed by atoms with Gasteiger partial charge in [-0.15, -0.1) is 0 Å². The van der Waals surface area contributed by atoms with Crippen molar-refractivity contribution in [2.45, 2.75) is 72.0 Å². The van der Waals surface area contributed by atoms with Gasteiger partial charge in [0.05, 0.1) is 18.5 Å². The van der Waals surface area contributed by atoms with Crippen molar-refractivity contribution in [1.82, 2.24) is 25.2 Å². The quantitative estimate of drug-likeness (QED) is 0.358. The van der Waals surface area contributed by atoms with Crippen LogP contribution in [-0.2, 0) is 11.3 Å². The molecular weight excluding hydrogens is 516 g/mol. The average molecular weight is 561 g/mol. The summed E-state index contributed by atoms with van der Waals surface area (Å²) in [7, 11) is 3.94. The van der Waals surface area contributed by atoms with Crippen LogP contribution in [0, 0.1) is 20.8 Å². The van der Waals surface area contributed by atoms with Crippen LogP contribution in [0.25, 0.3) is 11.3 Å². The van der Waals surface area contributed by atoms with Gasteiger partial charge in [-0.1, -0.05) is 0 Å². The number of pyridine rings is 1. The number of nitrogens with zero attached hydrogens (tertiary/aromatic N) is 4. The van der Waals surface area contributed by atoms with Crippen LogP contribution in [0.1, 0.15) is 65.3 Å². The van der Waals surface area contributed by atoms with E-state index in [4.69, 9.17) is 4.74 Å². The summed E-state index contributed by atoms with van der Waals surface area (Å²) in [6.07, 6.45) is 9.46. The highest BCUT2D eigenvalue weighted by molar-refractivity contribution is 5.98. The summed E-state index contributed by atoms with van der Waals surface area (Å²) >= 11 is 0. The van der Waals surface area contributed by atoms with Gasteiger partial charge in [-0.05, 0) is 89.8 Å². The molecule has 0 unspecified atom stereocenters. The zero-order valence-electron chi connectivity index (χ0n) is 25.3. The average Bonchev–Trinajstić information content (AvgIpc) is 2.97. The Bertz CT molecular complexity index is 1380. The Morgan fingerprint density at radius 2 is 1.83 bits per heavy atom. The van der Waals surface area contributed by atoms with Crippen molar-refractivity contribution in [3.63, 3.8) is 0 Å². The molecule has 2 aromatic heterocycles. The van der Waals surface area contributed by atoms with Crippen molar-refractivity contribution in [3.8, 4) is 11.3 Å². The van der Waals surface area contributed by atoms with E-state index in [1.54, 1.807) is 25.7 Å². The van der Waals surface area contributed by atoms with Gasteiger partial charge in [0.1, 0.15) is 0 Å². The Morgan fingerprint density at radius 3 is 2.46 bits per heavy atom. The fourth-order valence-electron chi connectivity index (χ4n) is 6.05. The zero-order chi connectivity index (χ0) is 29.5. The molecule has 9 nitrogen and oxygen atoms in total. The zero-order valence-corrected chi connectivity index (χ0v) is 25.3. The second kappa shape index (κ2) is 13.9. The van der Waals surface area contributed by atoms with Crippen LogP contribution in [0.5, 0.6) is 0 Å². The van der Waals surface area contributed by atoms with E-state index in [9.17, 15) is 9.59 Å². The number of aromatic amines is 1. The molecule has 0 spiro atoms. The summed E-state index contributed by atoms with van der Waals surface area (Å²) in [5.74, 6) is -0.214. The summed E-state index contributed by atoms with van der Waals surface area (Å²) in [5.41, 5.74) is 6.16. The topological polar surface area (TPSA) is 103 Å². The van der Waals surface area contributed by atoms with E-state index < -0.39 is 0 Å². The van der Waals surface area contributed by atoms with Gasteiger partial charge in [-0.2, -0.15) is 0 Å². The number of methoxy groups -OCH3 is 1. The van der Waals surface area contributed by atoms with Crippen molar-refractivity contribution in [2.75, 3.05) is 38.8 Å². The van der Waals surface area contributed by atoms with Crippen molar-refractivity contribution in [1.29, 1.82) is 0 Å². The lowest BCUT2D eigenvalue weighted by molar-refractivity contribution is 0.0950. The Labute approximate surface area is 243 Å². The smallest absolute Gasteiger partial charge is 0.253 e. The number of ether oxygens (including phenoxy) is 1. The monoisotopic (exact) mass is 560 g/mol. The number of anilines is 1. The van der Waals surface area contributed by atoms with Gasteiger partial charge in [0.2, 0.25) is 0 Å². The van der Waals surface area contributed by atoms with Crippen LogP contribution in [0.4, 0.5) is 5.69 Å². The minimum absolute atomic E-state index is 0.155. The van der Waals surface area contributed by atoms with Gasteiger partial charge in [0.15, 0.2) is 0 Å². The number of rotatable bonds is 11. The van der Waals surface area contributed by atoms with Crippen LogP contribution in [0.15, 0.2) is 41.6 Å². The summed E-state index contributed by atoms with van der Waals surface area (Å²) in [5, 5.41) is 3.01. The molecule has 9 heteroatoms. The Hall–Kier alpha value is -3.56. The second-order valence-corrected chi connectivity index (χ2v) is 11.1. The highest BCUT2D eigenvalue weighted by atomic mass is 16.5. The van der Waals surface area contributed by atoms with Gasteiger partial charge in [-0.3, -0.25) is 19.6 Å². The first-order valence-electron chi connectivity index (χ1n) is 14.6. The number of hydrogen-bond acceptors (Lipinski definition) is 7. The summed E-state index contributed by atoms with van der Waals surface area (Å²) in [6, 6.07) is 6.89. The number of amides is 1. The van der Waals surface area contributed by atoms with Crippen LogP contribution in [0.2, 0.25) is 0 Å². The summed E-state index contributed by atoms with van der Waals surface area (Å²) < 4.78 is 5.28. The van der Waals surface area contributed by atoms with Gasteiger partial charge in [0.25, 0.3) is 11.5 Å². The predicted molar refractivity (Wildman–Crippen MR) is 163 cm³/mol. The molecule has 4 rings (SSSR count). The van der Waals surface area contributed by atoms with Gasteiger partial charge in [-0.25, -0.2) is 0 Å². The third-order valence-corrected chi connectivity index (χ3v) is 8.43. The van der Waals surface area contributed by atoms with Crippen molar-refractivity contribution in [3.05, 3.63) is 75.1 Å². The number of aromatic nitrogens is 3. The lowest BCUT2D eigenvalue weighted by Crippen LogP contribution is -2.44. The SMILES string of the molecule is CCN(c1cc(-c2cnccn2)cc(C(=O)NCc2c(C)cc(C)[nH]c2=O)c1C)[C@H]1CC[C@H](N(C)CCOC)CC1. The lowest BCUT2D eigenvalue weighted by Gasteiger charge is -2.41. The maximum absolute atomic E-state index is 13.7. The van der Waals surface area contributed by atoms with E-state index in [0.29, 0.717) is 28.9 Å². The fraction of sp³-hybridized carbons (Fsp3) is 0.500. The number of H-pyrrole nitrogens is 1. The van der Waals surface area contributed by atoms with Crippen molar-refractivity contribution >= 4 is 11.6 Å². The first-order chi connectivity index (χ1) is 19.7. The van der Waals surface area contributed by atoms with Crippen molar-refractivity contribution in [2.24, 2.45) is 0 Å². The van der Waals surface area contributed by atoms with E-state index in [2.05, 4.69) is 50.1 Å². The Balaban J connectivity index is 1.62. The Morgan fingerprint density at radius 1 is 1.10 bits per heavy atom. The second-order valence-electron chi connectivity index (χ2n) is 11.1. The molecule has 1 aromatic carbocycles. The molecule has 1 fully saturated rings. The molecule has 2 heterocycles. The Kier molecular flexibility index (Phi) is 10.3. The normalized spacial score (nSPS) is 17.0. The van der Waals surface area contributed by atoms with Crippen LogP contribution in [0.3, 0.4) is 0 Å². The molecular formula is C32H44N6O3. The van der Waals surface area contributed by atoms with E-state index in [0.717, 1.165) is 73.5 Å². The molecule has 1 aliphatic carbocycles. The summed E-state index contributed by atoms with van der Waals surface area (Å²) in [6.45, 7) is 10.6. The highest BCUT2D eigenvalue weighted by Crippen LogP contribution is 2.35. The number of benzene rings is 1. The van der Waals surface area contributed by atoms with Gasteiger partial charge < -0.3 is 24.8 Å². The third-order valence-electron chi connectivity index (χ3n) is 8.43. The molecule has 3 aromatic rings. The van der Waals surface area contributed by atoms with Crippen molar-refractivity contribution < 1.29 is 9.53 Å². The van der Waals surface area contributed by atoms with E-state index >= 15 is 0 Å². The van der Waals surface area contributed by atoms with Crippen LogP contribution >= 0.6 is 0 Å². The first-order valence-corrected chi connectivity index (χ1v) is 14.6. The molecule has 2 N–H and O–H groups in total. The molecule has 1 aliphatic rings. The van der Waals surface area contributed by atoms with Gasteiger partial charge >= 0.3 is 0 Å². The number of aryl methyl sites for hydroxylation is 2. The van der Waals surface area contributed by atoms with E-state index in [1.807, 2.05) is 32.9 Å². The molecule has 220 valence electrons. The van der Waals surface area contributed by atoms with Crippen LogP contribution < -0.4 is 15.8 Å². The largest absolute Gasteiger partial charge is 0.383 e. The molecule has 0 aliphatic heterocycles. The van der Waals surface area contributed by atoms with Gasteiger partial charge in [0, 0.05) is 79.3 Å². The fourth-order valence-corrected chi connectivity index (χ4v) is 6.05. The molecule has 1 saturated carbocycles. The molecule has 0 radical (unpaired) electrons. The molecule has 0 bridgehead atoms. The molecule has 0 saturated heterocycles. The first kappa shape index (κ1) is 30.4. The number of likely N-dealkylation sites (N-methyl/N-ethyl adjacent to an activating group) is 1.